The molecule has 2 aliphatic heterocycles. The Morgan fingerprint density at radius 3 is 2.50 bits per heavy atom. The number of nitrogens with zero attached hydrogens (tertiary/aromatic N) is 1. The molecule has 0 saturated carbocycles. The molecule has 0 amide bonds. The molecule has 2 rings (SSSR count). The number of ether oxygens (including phenoxy) is 1. The molecule has 0 bridgehead atoms. The van der Waals surface area contributed by atoms with Gasteiger partial charge in [0, 0.05) is 25.8 Å². The highest BCUT2D eigenvalue weighted by molar-refractivity contribution is 4.84. The van der Waals surface area contributed by atoms with Crippen molar-refractivity contribution in [3.63, 3.8) is 0 Å². The number of hydrogen-bond donors (Lipinski definition) is 1. The number of hydrogen-bond acceptors (Lipinski definition) is 3. The molecule has 2 fully saturated rings. The predicted octanol–water partition coefficient (Wildman–Crippen LogP) is 2.12. The average Bonchev–Trinajstić information content (AvgIpc) is 2.38. The molecule has 0 aromatic heterocycles. The van der Waals surface area contributed by atoms with E-state index in [0.717, 1.165) is 25.7 Å². The molecule has 18 heavy (non-hydrogen) atoms. The first-order valence-electron chi connectivity index (χ1n) is 7.59. The second-order valence-corrected chi connectivity index (χ2v) is 6.73. The van der Waals surface area contributed by atoms with E-state index in [9.17, 15) is 0 Å². The summed E-state index contributed by atoms with van der Waals surface area (Å²) in [5.74, 6) is 0.865. The van der Waals surface area contributed by atoms with E-state index < -0.39 is 0 Å². The van der Waals surface area contributed by atoms with Gasteiger partial charge in [0.05, 0.1) is 0 Å². The van der Waals surface area contributed by atoms with E-state index in [1.54, 1.807) is 0 Å². The molecule has 0 aromatic carbocycles. The fourth-order valence-corrected chi connectivity index (χ4v) is 3.14. The SMILES string of the molecule is CC(NCC1(C)CCOCC1)C1CCN(C)CC1. The van der Waals surface area contributed by atoms with E-state index in [2.05, 4.69) is 31.1 Å². The number of piperidine rings is 1. The summed E-state index contributed by atoms with van der Waals surface area (Å²) in [6.45, 7) is 10.4. The largest absolute Gasteiger partial charge is 0.381 e. The topological polar surface area (TPSA) is 24.5 Å². The van der Waals surface area contributed by atoms with Crippen molar-refractivity contribution in [2.24, 2.45) is 11.3 Å². The lowest BCUT2D eigenvalue weighted by Crippen LogP contribution is -2.45. The van der Waals surface area contributed by atoms with E-state index in [-0.39, 0.29) is 0 Å². The van der Waals surface area contributed by atoms with Crippen molar-refractivity contribution in [1.82, 2.24) is 10.2 Å². The van der Waals surface area contributed by atoms with Crippen molar-refractivity contribution in [1.29, 1.82) is 0 Å². The standard InChI is InChI=1S/C15H30N2O/c1-13(14-4-8-17(3)9-5-14)16-12-15(2)6-10-18-11-7-15/h13-14,16H,4-12H2,1-3H3. The molecule has 3 nitrogen and oxygen atoms in total. The molecule has 2 heterocycles. The molecule has 0 aromatic rings. The van der Waals surface area contributed by atoms with E-state index in [0.29, 0.717) is 11.5 Å². The molecule has 1 N–H and O–H groups in total. The molecule has 0 radical (unpaired) electrons. The first kappa shape index (κ1) is 14.3. The summed E-state index contributed by atoms with van der Waals surface area (Å²) in [5.41, 5.74) is 0.456. The Kier molecular flexibility index (Phi) is 5.05. The quantitative estimate of drug-likeness (QED) is 0.832. The summed E-state index contributed by atoms with van der Waals surface area (Å²) < 4.78 is 5.47. The Morgan fingerprint density at radius 2 is 1.89 bits per heavy atom. The van der Waals surface area contributed by atoms with Crippen LogP contribution >= 0.6 is 0 Å². The summed E-state index contributed by atoms with van der Waals surface area (Å²) >= 11 is 0. The van der Waals surface area contributed by atoms with Crippen molar-refractivity contribution in [3.8, 4) is 0 Å². The van der Waals surface area contributed by atoms with Gasteiger partial charge in [-0.1, -0.05) is 6.92 Å². The molecule has 0 spiro atoms. The monoisotopic (exact) mass is 254 g/mol. The lowest BCUT2D eigenvalue weighted by molar-refractivity contribution is 0.0216. The van der Waals surface area contributed by atoms with E-state index >= 15 is 0 Å². The maximum Gasteiger partial charge on any atom is 0.0471 e. The number of likely N-dealkylation sites (tertiary alicyclic amines) is 1. The van der Waals surface area contributed by atoms with Crippen LogP contribution in [0.2, 0.25) is 0 Å². The highest BCUT2D eigenvalue weighted by Gasteiger charge is 2.29. The average molecular weight is 254 g/mol. The van der Waals surface area contributed by atoms with Crippen LogP contribution in [-0.4, -0.2) is 50.8 Å². The molecule has 1 atom stereocenters. The van der Waals surface area contributed by atoms with Crippen molar-refractivity contribution < 1.29 is 4.74 Å². The van der Waals surface area contributed by atoms with Gasteiger partial charge in [-0.2, -0.15) is 0 Å². The Bertz CT molecular complexity index is 243. The van der Waals surface area contributed by atoms with Gasteiger partial charge in [-0.15, -0.1) is 0 Å². The summed E-state index contributed by atoms with van der Waals surface area (Å²) in [4.78, 5) is 2.45. The Labute approximate surface area is 112 Å². The maximum absolute atomic E-state index is 5.47. The van der Waals surface area contributed by atoms with Crippen molar-refractivity contribution in [2.45, 2.75) is 45.6 Å². The van der Waals surface area contributed by atoms with Crippen LogP contribution in [0.5, 0.6) is 0 Å². The fourth-order valence-electron chi connectivity index (χ4n) is 3.14. The van der Waals surface area contributed by atoms with Gasteiger partial charge < -0.3 is 15.0 Å². The van der Waals surface area contributed by atoms with Crippen LogP contribution in [0.4, 0.5) is 0 Å². The summed E-state index contributed by atoms with van der Waals surface area (Å²) in [5, 5.41) is 3.80. The Balaban J connectivity index is 1.72. The van der Waals surface area contributed by atoms with Gasteiger partial charge in [-0.25, -0.2) is 0 Å². The molecule has 2 aliphatic rings. The summed E-state index contributed by atoms with van der Waals surface area (Å²) in [6, 6.07) is 0.665. The minimum Gasteiger partial charge on any atom is -0.381 e. The third kappa shape index (κ3) is 3.94. The van der Waals surface area contributed by atoms with Gasteiger partial charge >= 0.3 is 0 Å². The van der Waals surface area contributed by atoms with Gasteiger partial charge in [0.2, 0.25) is 0 Å². The highest BCUT2D eigenvalue weighted by atomic mass is 16.5. The molecule has 2 saturated heterocycles. The Morgan fingerprint density at radius 1 is 1.28 bits per heavy atom. The first-order chi connectivity index (χ1) is 8.59. The van der Waals surface area contributed by atoms with Crippen molar-refractivity contribution >= 4 is 0 Å². The van der Waals surface area contributed by atoms with Crippen LogP contribution in [0, 0.1) is 11.3 Å². The third-order valence-corrected chi connectivity index (χ3v) is 5.02. The van der Waals surface area contributed by atoms with Gasteiger partial charge in [0.1, 0.15) is 0 Å². The zero-order valence-electron chi connectivity index (χ0n) is 12.4. The predicted molar refractivity (Wildman–Crippen MR) is 75.8 cm³/mol. The molecular formula is C15H30N2O. The molecule has 3 heteroatoms. The summed E-state index contributed by atoms with van der Waals surface area (Å²) in [7, 11) is 2.23. The fraction of sp³-hybridized carbons (Fsp3) is 1.00. The normalized spacial score (nSPS) is 28.2. The minimum atomic E-state index is 0.456. The van der Waals surface area contributed by atoms with Crippen LogP contribution in [0.1, 0.15) is 39.5 Å². The van der Waals surface area contributed by atoms with Crippen LogP contribution in [0.25, 0.3) is 0 Å². The second kappa shape index (κ2) is 6.36. The Hall–Kier alpha value is -0.120. The highest BCUT2D eigenvalue weighted by Crippen LogP contribution is 2.29. The van der Waals surface area contributed by atoms with E-state index in [1.807, 2.05) is 0 Å². The molecule has 0 aliphatic carbocycles. The van der Waals surface area contributed by atoms with Gasteiger partial charge in [-0.3, -0.25) is 0 Å². The van der Waals surface area contributed by atoms with Crippen LogP contribution in [0.15, 0.2) is 0 Å². The van der Waals surface area contributed by atoms with Gasteiger partial charge in [0.25, 0.3) is 0 Å². The lowest BCUT2D eigenvalue weighted by atomic mass is 9.81. The number of nitrogens with one attached hydrogen (secondary N) is 1. The molecule has 106 valence electrons. The second-order valence-electron chi connectivity index (χ2n) is 6.73. The smallest absolute Gasteiger partial charge is 0.0471 e. The van der Waals surface area contributed by atoms with Crippen molar-refractivity contribution in [3.05, 3.63) is 0 Å². The maximum atomic E-state index is 5.47. The minimum absolute atomic E-state index is 0.456. The zero-order valence-corrected chi connectivity index (χ0v) is 12.4. The zero-order chi connectivity index (χ0) is 13.0. The van der Waals surface area contributed by atoms with Crippen molar-refractivity contribution in [2.75, 3.05) is 39.9 Å². The molecule has 1 unspecified atom stereocenters. The van der Waals surface area contributed by atoms with Crippen LogP contribution in [0.3, 0.4) is 0 Å². The van der Waals surface area contributed by atoms with Crippen LogP contribution < -0.4 is 5.32 Å². The van der Waals surface area contributed by atoms with Gasteiger partial charge in [-0.05, 0) is 64.1 Å². The third-order valence-electron chi connectivity index (χ3n) is 5.02. The van der Waals surface area contributed by atoms with E-state index in [1.165, 1.54) is 38.8 Å². The van der Waals surface area contributed by atoms with Crippen LogP contribution in [-0.2, 0) is 4.74 Å². The van der Waals surface area contributed by atoms with E-state index in [4.69, 9.17) is 4.74 Å². The first-order valence-corrected chi connectivity index (χ1v) is 7.59. The molecular weight excluding hydrogens is 224 g/mol. The lowest BCUT2D eigenvalue weighted by Gasteiger charge is -2.38. The number of rotatable bonds is 4. The van der Waals surface area contributed by atoms with Gasteiger partial charge in [0.15, 0.2) is 0 Å². The summed E-state index contributed by atoms with van der Waals surface area (Å²) in [6.07, 6.45) is 5.12.